The van der Waals surface area contributed by atoms with E-state index in [4.69, 9.17) is 27.9 Å². The number of anilines is 2. The van der Waals surface area contributed by atoms with Crippen LogP contribution in [0.3, 0.4) is 0 Å². The van der Waals surface area contributed by atoms with Crippen molar-refractivity contribution in [2.45, 2.75) is 12.5 Å². The Kier molecular flexibility index (Phi) is 5.12. The van der Waals surface area contributed by atoms with Crippen molar-refractivity contribution in [3.05, 3.63) is 52.5 Å². The Morgan fingerprint density at radius 2 is 1.90 bits per heavy atom. The minimum Gasteiger partial charge on any atom is -0.497 e. The van der Waals surface area contributed by atoms with E-state index >= 15 is 0 Å². The summed E-state index contributed by atoms with van der Waals surface area (Å²) in [6.07, 6.45) is -0.117. The molecule has 1 atom stereocenters. The first kappa shape index (κ1) is 19.2. The zero-order valence-corrected chi connectivity index (χ0v) is 16.7. The first-order valence-electron chi connectivity index (χ1n) is 8.61. The van der Waals surface area contributed by atoms with Gasteiger partial charge in [0.2, 0.25) is 11.9 Å². The summed E-state index contributed by atoms with van der Waals surface area (Å²) in [4.78, 5) is 29.1. The van der Waals surface area contributed by atoms with Crippen LogP contribution in [0.25, 0.3) is 11.4 Å². The molecule has 2 aromatic carbocycles. The number of carbonyl (C=O) groups excluding carboxylic acids is 2. The number of nitrogens with zero attached hydrogens (tertiary/aromatic N) is 3. The topological polar surface area (TPSA) is 98.1 Å². The second-order valence-corrected chi connectivity index (χ2v) is 7.22. The summed E-state index contributed by atoms with van der Waals surface area (Å²) < 4.78 is 6.56. The normalized spacial score (nSPS) is 15.0. The van der Waals surface area contributed by atoms with E-state index in [9.17, 15) is 9.59 Å². The summed E-state index contributed by atoms with van der Waals surface area (Å²) in [5.41, 5.74) is 1.21. The minimum absolute atomic E-state index is 0.117. The number of benzene rings is 2. The van der Waals surface area contributed by atoms with Crippen molar-refractivity contribution < 1.29 is 14.3 Å². The van der Waals surface area contributed by atoms with Crippen LogP contribution in [-0.2, 0) is 9.59 Å². The fourth-order valence-electron chi connectivity index (χ4n) is 2.99. The Labute approximate surface area is 175 Å². The van der Waals surface area contributed by atoms with Gasteiger partial charge in [0.15, 0.2) is 5.82 Å². The lowest BCUT2D eigenvalue weighted by molar-refractivity contribution is -0.123. The molecule has 1 aromatic heterocycles. The molecule has 0 fully saturated rings. The number of halogens is 2. The van der Waals surface area contributed by atoms with Gasteiger partial charge in [-0.25, -0.2) is 4.68 Å². The molecular weight excluding hydrogens is 417 g/mol. The van der Waals surface area contributed by atoms with Gasteiger partial charge in [0.25, 0.3) is 5.91 Å². The molecule has 3 aromatic rings. The number of aromatic nitrogens is 3. The van der Waals surface area contributed by atoms with Crippen LogP contribution >= 0.6 is 23.2 Å². The third-order valence-electron chi connectivity index (χ3n) is 4.34. The van der Waals surface area contributed by atoms with Crippen molar-refractivity contribution in [3.8, 4) is 17.1 Å². The van der Waals surface area contributed by atoms with Crippen LogP contribution in [0, 0.1) is 0 Å². The van der Waals surface area contributed by atoms with Crippen LogP contribution in [-0.4, -0.2) is 33.7 Å². The smallest absolute Gasteiger partial charge is 0.252 e. The standard InChI is InChI=1S/C19H15Cl2N5O3/c1-29-14-4-2-10(3-5-14)17-23-19-24-18(28)15(26(19)25-17)9-16(27)22-13-7-11(20)6-12(21)8-13/h2-8,15H,9H2,1H3,(H,22,27)(H,23,24,25,28)/t15-/m0/s1. The Morgan fingerprint density at radius 1 is 1.21 bits per heavy atom. The highest BCUT2D eigenvalue weighted by atomic mass is 35.5. The molecular formula is C19H15Cl2N5O3. The van der Waals surface area contributed by atoms with E-state index in [1.165, 1.54) is 4.68 Å². The van der Waals surface area contributed by atoms with Crippen LogP contribution in [0.4, 0.5) is 11.6 Å². The summed E-state index contributed by atoms with van der Waals surface area (Å²) in [6.45, 7) is 0. The van der Waals surface area contributed by atoms with Crippen molar-refractivity contribution >= 4 is 46.7 Å². The van der Waals surface area contributed by atoms with Gasteiger partial charge in [0, 0.05) is 21.3 Å². The molecule has 1 aliphatic rings. The van der Waals surface area contributed by atoms with Gasteiger partial charge in [-0.2, -0.15) is 4.98 Å². The molecule has 0 aliphatic carbocycles. The van der Waals surface area contributed by atoms with Crippen LogP contribution in [0.1, 0.15) is 12.5 Å². The molecule has 148 valence electrons. The SMILES string of the molecule is COc1ccc(-c2nc3n(n2)[C@@H](CC(=O)Nc2cc(Cl)cc(Cl)c2)C(=O)N3)cc1. The number of amides is 2. The molecule has 0 bridgehead atoms. The first-order valence-corrected chi connectivity index (χ1v) is 9.36. The average Bonchev–Trinajstić information content (AvgIpc) is 3.20. The number of hydrogen-bond acceptors (Lipinski definition) is 5. The van der Waals surface area contributed by atoms with Crippen molar-refractivity contribution in [1.82, 2.24) is 14.8 Å². The van der Waals surface area contributed by atoms with Crippen LogP contribution < -0.4 is 15.4 Å². The molecule has 0 unspecified atom stereocenters. The van der Waals surface area contributed by atoms with E-state index in [1.807, 2.05) is 12.1 Å². The Balaban J connectivity index is 1.51. The number of nitrogens with one attached hydrogen (secondary N) is 2. The number of methoxy groups -OCH3 is 1. The van der Waals surface area contributed by atoms with Crippen LogP contribution in [0.15, 0.2) is 42.5 Å². The van der Waals surface area contributed by atoms with E-state index in [0.29, 0.717) is 33.3 Å². The molecule has 2 heterocycles. The third-order valence-corrected chi connectivity index (χ3v) is 4.77. The minimum atomic E-state index is -0.806. The monoisotopic (exact) mass is 431 g/mol. The van der Waals surface area contributed by atoms with E-state index in [0.717, 1.165) is 5.56 Å². The maximum absolute atomic E-state index is 12.4. The van der Waals surface area contributed by atoms with Crippen molar-refractivity contribution in [2.24, 2.45) is 0 Å². The largest absolute Gasteiger partial charge is 0.497 e. The summed E-state index contributed by atoms with van der Waals surface area (Å²) in [5, 5.41) is 10.5. The van der Waals surface area contributed by atoms with Gasteiger partial charge in [-0.15, -0.1) is 5.10 Å². The zero-order chi connectivity index (χ0) is 20.5. The molecule has 2 N–H and O–H groups in total. The Hall–Kier alpha value is -3.10. The second-order valence-electron chi connectivity index (χ2n) is 6.35. The summed E-state index contributed by atoms with van der Waals surface area (Å²) in [7, 11) is 1.58. The number of ether oxygens (including phenoxy) is 1. The summed E-state index contributed by atoms with van der Waals surface area (Å²) >= 11 is 11.9. The second kappa shape index (κ2) is 7.73. The predicted molar refractivity (Wildman–Crippen MR) is 109 cm³/mol. The summed E-state index contributed by atoms with van der Waals surface area (Å²) in [5.74, 6) is 0.724. The molecule has 0 radical (unpaired) electrons. The zero-order valence-electron chi connectivity index (χ0n) is 15.1. The van der Waals surface area contributed by atoms with Gasteiger partial charge in [-0.1, -0.05) is 23.2 Å². The van der Waals surface area contributed by atoms with Crippen molar-refractivity contribution in [1.29, 1.82) is 0 Å². The third kappa shape index (κ3) is 4.03. The molecule has 0 saturated carbocycles. The quantitative estimate of drug-likeness (QED) is 0.640. The molecule has 4 rings (SSSR count). The van der Waals surface area contributed by atoms with E-state index < -0.39 is 6.04 Å². The molecule has 29 heavy (non-hydrogen) atoms. The molecule has 8 nitrogen and oxygen atoms in total. The highest BCUT2D eigenvalue weighted by Crippen LogP contribution is 2.29. The maximum Gasteiger partial charge on any atom is 0.252 e. The fourth-order valence-corrected chi connectivity index (χ4v) is 3.51. The Morgan fingerprint density at radius 3 is 2.55 bits per heavy atom. The lowest BCUT2D eigenvalue weighted by atomic mass is 10.2. The van der Waals surface area contributed by atoms with Gasteiger partial charge in [0.1, 0.15) is 11.8 Å². The number of carbonyl (C=O) groups is 2. The van der Waals surface area contributed by atoms with Crippen LogP contribution in [0.2, 0.25) is 10.0 Å². The highest BCUT2D eigenvalue weighted by Gasteiger charge is 2.35. The van der Waals surface area contributed by atoms with Gasteiger partial charge < -0.3 is 10.1 Å². The first-order chi connectivity index (χ1) is 13.9. The summed E-state index contributed by atoms with van der Waals surface area (Å²) in [6, 6.07) is 11.1. The predicted octanol–water partition coefficient (Wildman–Crippen LogP) is 3.78. The van der Waals surface area contributed by atoms with Gasteiger partial charge in [-0.05, 0) is 42.5 Å². The van der Waals surface area contributed by atoms with E-state index in [-0.39, 0.29) is 18.2 Å². The van der Waals surface area contributed by atoms with Gasteiger partial charge in [-0.3, -0.25) is 14.9 Å². The van der Waals surface area contributed by atoms with Gasteiger partial charge >= 0.3 is 0 Å². The van der Waals surface area contributed by atoms with Crippen molar-refractivity contribution in [2.75, 3.05) is 17.7 Å². The Bertz CT molecular complexity index is 1080. The number of rotatable bonds is 5. The van der Waals surface area contributed by atoms with E-state index in [2.05, 4.69) is 20.7 Å². The number of fused-ring (bicyclic) bond motifs is 1. The molecule has 10 heteroatoms. The maximum atomic E-state index is 12.4. The fraction of sp³-hybridized carbons (Fsp3) is 0.158. The van der Waals surface area contributed by atoms with Crippen LogP contribution in [0.5, 0.6) is 5.75 Å². The molecule has 0 saturated heterocycles. The average molecular weight is 432 g/mol. The molecule has 0 spiro atoms. The molecule has 1 aliphatic heterocycles. The lowest BCUT2D eigenvalue weighted by Crippen LogP contribution is -2.23. The molecule has 2 amide bonds. The number of hydrogen-bond donors (Lipinski definition) is 2. The highest BCUT2D eigenvalue weighted by molar-refractivity contribution is 6.35. The lowest BCUT2D eigenvalue weighted by Gasteiger charge is -2.10. The van der Waals surface area contributed by atoms with E-state index in [1.54, 1.807) is 37.4 Å². The van der Waals surface area contributed by atoms with Gasteiger partial charge in [0.05, 0.1) is 13.5 Å². The van der Waals surface area contributed by atoms with Crippen molar-refractivity contribution in [3.63, 3.8) is 0 Å².